The Bertz CT molecular complexity index is 428. The molecule has 1 N–H and O–H groups in total. The van der Waals surface area contributed by atoms with Crippen LogP contribution in [0.2, 0.25) is 0 Å². The molecule has 0 fully saturated rings. The quantitative estimate of drug-likeness (QED) is 0.900. The second kappa shape index (κ2) is 7.43. The minimum absolute atomic E-state index is 0. The van der Waals surface area contributed by atoms with Gasteiger partial charge >= 0.3 is 0 Å². The van der Waals surface area contributed by atoms with Crippen LogP contribution in [0.15, 0.2) is 35.7 Å². The van der Waals surface area contributed by atoms with Crippen LogP contribution in [-0.2, 0) is 13.0 Å². The van der Waals surface area contributed by atoms with Gasteiger partial charge < -0.3 is 5.32 Å². The fraction of sp³-hybridized carbons (Fsp3) is 0.308. The third kappa shape index (κ3) is 4.46. The van der Waals surface area contributed by atoms with Crippen molar-refractivity contribution in [1.82, 2.24) is 10.3 Å². The van der Waals surface area contributed by atoms with Crippen molar-refractivity contribution in [2.75, 3.05) is 6.54 Å². The molecule has 0 aliphatic rings. The van der Waals surface area contributed by atoms with Gasteiger partial charge in [0.1, 0.15) is 5.01 Å². The van der Waals surface area contributed by atoms with Crippen LogP contribution in [-0.4, -0.2) is 11.5 Å². The van der Waals surface area contributed by atoms with Gasteiger partial charge in [0.2, 0.25) is 0 Å². The number of benzene rings is 1. The molecule has 0 amide bonds. The highest BCUT2D eigenvalue weighted by molar-refractivity contribution is 7.09. The van der Waals surface area contributed by atoms with Crippen molar-refractivity contribution in [2.45, 2.75) is 19.9 Å². The van der Waals surface area contributed by atoms with Gasteiger partial charge in [-0.05, 0) is 12.1 Å². The number of nitrogens with zero attached hydrogens (tertiary/aromatic N) is 1. The van der Waals surface area contributed by atoms with E-state index >= 15 is 0 Å². The van der Waals surface area contributed by atoms with Crippen LogP contribution in [0.25, 0.3) is 0 Å². The lowest BCUT2D eigenvalue weighted by Gasteiger charge is -1.97. The average Bonchev–Trinajstić information content (AvgIpc) is 2.75. The normalized spacial score (nSPS) is 9.94. The summed E-state index contributed by atoms with van der Waals surface area (Å²) in [6.07, 6.45) is 0.934. The number of hydrogen-bond donors (Lipinski definition) is 1. The second-order valence-corrected chi connectivity index (χ2v) is 4.62. The minimum Gasteiger partial charge on any atom is -0.311 e. The highest BCUT2D eigenvalue weighted by Gasteiger charge is 2.02. The van der Waals surface area contributed by atoms with Gasteiger partial charge in [-0.3, -0.25) is 0 Å². The van der Waals surface area contributed by atoms with Gasteiger partial charge in [0.05, 0.1) is 5.69 Å². The predicted molar refractivity (Wildman–Crippen MR) is 76.0 cm³/mol. The van der Waals surface area contributed by atoms with Crippen LogP contribution in [0.4, 0.5) is 0 Å². The summed E-state index contributed by atoms with van der Waals surface area (Å²) in [5.74, 6) is 0. The predicted octanol–water partition coefficient (Wildman–Crippen LogP) is 3.27. The molecule has 17 heavy (non-hydrogen) atoms. The number of rotatable bonds is 5. The van der Waals surface area contributed by atoms with Crippen molar-refractivity contribution < 1.29 is 0 Å². The van der Waals surface area contributed by atoms with E-state index in [1.807, 2.05) is 6.07 Å². The lowest BCUT2D eigenvalue weighted by molar-refractivity contribution is 0.720. The Morgan fingerprint density at radius 1 is 1.24 bits per heavy atom. The summed E-state index contributed by atoms with van der Waals surface area (Å²) in [6.45, 7) is 3.99. The molecule has 0 bridgehead atoms. The Labute approximate surface area is 113 Å². The van der Waals surface area contributed by atoms with Crippen LogP contribution in [0.3, 0.4) is 0 Å². The van der Waals surface area contributed by atoms with Gasteiger partial charge in [-0.25, -0.2) is 4.98 Å². The second-order valence-electron chi connectivity index (χ2n) is 3.68. The molecule has 0 saturated heterocycles. The Morgan fingerprint density at radius 2 is 2.00 bits per heavy atom. The number of hydrogen-bond acceptors (Lipinski definition) is 3. The third-order valence-electron chi connectivity index (χ3n) is 2.35. The first kappa shape index (κ1) is 14.2. The summed E-state index contributed by atoms with van der Waals surface area (Å²) < 4.78 is 0. The summed E-state index contributed by atoms with van der Waals surface area (Å²) in [4.78, 5) is 4.60. The van der Waals surface area contributed by atoms with Gasteiger partial charge in [-0.2, -0.15) is 0 Å². The van der Waals surface area contributed by atoms with E-state index in [4.69, 9.17) is 0 Å². The van der Waals surface area contributed by atoms with E-state index < -0.39 is 0 Å². The number of aromatic nitrogens is 1. The van der Waals surface area contributed by atoms with E-state index in [1.165, 1.54) is 16.3 Å². The molecular formula is C13H17ClN2S. The molecule has 4 heteroatoms. The van der Waals surface area contributed by atoms with E-state index in [-0.39, 0.29) is 12.4 Å². The maximum atomic E-state index is 4.60. The average molecular weight is 269 g/mol. The molecule has 2 aromatic rings. The van der Waals surface area contributed by atoms with Gasteiger partial charge in [-0.1, -0.05) is 37.3 Å². The standard InChI is InChI=1S/C13H16N2S.ClH/c1-2-14-9-13-15-12(10-16-13)8-11-6-4-3-5-7-11;/h3-7,10,14H,2,8-9H2,1H3;1H. The van der Waals surface area contributed by atoms with Crippen molar-refractivity contribution in [3.8, 4) is 0 Å². The molecular weight excluding hydrogens is 252 g/mol. The molecule has 92 valence electrons. The molecule has 1 aromatic heterocycles. The lowest BCUT2D eigenvalue weighted by Crippen LogP contribution is -2.11. The largest absolute Gasteiger partial charge is 0.311 e. The zero-order chi connectivity index (χ0) is 11.2. The van der Waals surface area contributed by atoms with Crippen LogP contribution in [0.1, 0.15) is 23.2 Å². The highest BCUT2D eigenvalue weighted by atomic mass is 35.5. The lowest BCUT2D eigenvalue weighted by atomic mass is 10.1. The minimum atomic E-state index is 0. The molecule has 2 rings (SSSR count). The molecule has 0 aliphatic carbocycles. The Hall–Kier alpha value is -0.900. The molecule has 0 spiro atoms. The highest BCUT2D eigenvalue weighted by Crippen LogP contribution is 2.13. The maximum absolute atomic E-state index is 4.60. The Kier molecular flexibility index (Phi) is 6.19. The summed E-state index contributed by atoms with van der Waals surface area (Å²) in [6, 6.07) is 10.5. The summed E-state index contributed by atoms with van der Waals surface area (Å²) in [5, 5.41) is 6.62. The number of thiazole rings is 1. The first-order valence-corrected chi connectivity index (χ1v) is 6.44. The first-order chi connectivity index (χ1) is 7.88. The van der Waals surface area contributed by atoms with E-state index in [9.17, 15) is 0 Å². The van der Waals surface area contributed by atoms with Crippen LogP contribution >= 0.6 is 23.7 Å². The number of nitrogens with one attached hydrogen (secondary N) is 1. The van der Waals surface area contributed by atoms with E-state index in [2.05, 4.69) is 46.9 Å². The van der Waals surface area contributed by atoms with Crippen LogP contribution in [0.5, 0.6) is 0 Å². The van der Waals surface area contributed by atoms with Crippen molar-refractivity contribution in [3.63, 3.8) is 0 Å². The smallest absolute Gasteiger partial charge is 0.107 e. The van der Waals surface area contributed by atoms with E-state index in [0.29, 0.717) is 0 Å². The molecule has 1 aromatic carbocycles. The number of halogens is 1. The zero-order valence-corrected chi connectivity index (χ0v) is 11.5. The molecule has 2 nitrogen and oxygen atoms in total. The summed E-state index contributed by atoms with van der Waals surface area (Å²) >= 11 is 1.74. The van der Waals surface area contributed by atoms with Gasteiger partial charge in [-0.15, -0.1) is 23.7 Å². The molecule has 0 atom stereocenters. The first-order valence-electron chi connectivity index (χ1n) is 5.56. The molecule has 0 aliphatic heterocycles. The van der Waals surface area contributed by atoms with Crippen LogP contribution < -0.4 is 5.32 Å². The SMILES string of the molecule is CCNCc1nc(Cc2ccccc2)cs1.Cl. The van der Waals surface area contributed by atoms with Crippen molar-refractivity contribution in [2.24, 2.45) is 0 Å². The third-order valence-corrected chi connectivity index (χ3v) is 3.25. The molecule has 0 saturated carbocycles. The Balaban J connectivity index is 0.00000144. The molecule has 0 radical (unpaired) electrons. The van der Waals surface area contributed by atoms with Crippen molar-refractivity contribution >= 4 is 23.7 Å². The topological polar surface area (TPSA) is 24.9 Å². The summed E-state index contributed by atoms with van der Waals surface area (Å²) in [5.41, 5.74) is 2.49. The zero-order valence-electron chi connectivity index (χ0n) is 9.85. The molecule has 1 heterocycles. The molecule has 0 unspecified atom stereocenters. The van der Waals surface area contributed by atoms with Crippen molar-refractivity contribution in [1.29, 1.82) is 0 Å². The van der Waals surface area contributed by atoms with Crippen molar-refractivity contribution in [3.05, 3.63) is 52.0 Å². The fourth-order valence-corrected chi connectivity index (χ4v) is 2.31. The monoisotopic (exact) mass is 268 g/mol. The fourth-order valence-electron chi connectivity index (χ4n) is 1.55. The maximum Gasteiger partial charge on any atom is 0.107 e. The van der Waals surface area contributed by atoms with E-state index in [0.717, 1.165) is 19.5 Å². The van der Waals surface area contributed by atoms with Gasteiger partial charge in [0.15, 0.2) is 0 Å². The Morgan fingerprint density at radius 3 is 2.71 bits per heavy atom. The van der Waals surface area contributed by atoms with Gasteiger partial charge in [0, 0.05) is 18.3 Å². The van der Waals surface area contributed by atoms with Crippen LogP contribution in [0, 0.1) is 0 Å². The van der Waals surface area contributed by atoms with E-state index in [1.54, 1.807) is 11.3 Å². The van der Waals surface area contributed by atoms with Gasteiger partial charge in [0.25, 0.3) is 0 Å². The summed E-state index contributed by atoms with van der Waals surface area (Å²) in [7, 11) is 0.